The molecule has 0 aliphatic heterocycles. The van der Waals surface area contributed by atoms with Crippen molar-refractivity contribution in [3.8, 4) is 5.75 Å². The van der Waals surface area contributed by atoms with Crippen molar-refractivity contribution in [2.24, 2.45) is 0 Å². The molecule has 104 valence electrons. The molecule has 0 saturated heterocycles. The molecule has 4 heteroatoms. The lowest BCUT2D eigenvalue weighted by atomic mass is 10.1. The van der Waals surface area contributed by atoms with Crippen LogP contribution in [-0.4, -0.2) is 17.5 Å². The number of hydrogen-bond donors (Lipinski definition) is 1. The van der Waals surface area contributed by atoms with Gasteiger partial charge in [-0.2, -0.15) is 0 Å². The Morgan fingerprint density at radius 3 is 2.55 bits per heavy atom. The SMILES string of the molecule is Cc1ccc(C(=O)COc2ccc(Br)cc2CO)cc1. The van der Waals surface area contributed by atoms with Crippen LogP contribution in [0.1, 0.15) is 21.5 Å². The first-order valence-corrected chi connectivity index (χ1v) is 7.01. The van der Waals surface area contributed by atoms with Crippen molar-refractivity contribution in [3.05, 3.63) is 63.6 Å². The van der Waals surface area contributed by atoms with Crippen LogP contribution < -0.4 is 4.74 Å². The summed E-state index contributed by atoms with van der Waals surface area (Å²) in [5.41, 5.74) is 2.38. The van der Waals surface area contributed by atoms with Crippen LogP contribution in [0.2, 0.25) is 0 Å². The smallest absolute Gasteiger partial charge is 0.200 e. The molecule has 0 amide bonds. The van der Waals surface area contributed by atoms with Gasteiger partial charge in [-0.3, -0.25) is 4.79 Å². The molecule has 0 aliphatic carbocycles. The summed E-state index contributed by atoms with van der Waals surface area (Å²) in [5.74, 6) is 0.438. The maximum atomic E-state index is 12.0. The minimum atomic E-state index is -0.131. The maximum Gasteiger partial charge on any atom is 0.200 e. The lowest BCUT2D eigenvalue weighted by Gasteiger charge is -2.10. The zero-order valence-corrected chi connectivity index (χ0v) is 12.7. The third-order valence-corrected chi connectivity index (χ3v) is 3.42. The van der Waals surface area contributed by atoms with E-state index in [9.17, 15) is 9.90 Å². The van der Waals surface area contributed by atoms with E-state index in [2.05, 4.69) is 15.9 Å². The summed E-state index contributed by atoms with van der Waals surface area (Å²) in [6.45, 7) is 1.80. The number of hydrogen-bond acceptors (Lipinski definition) is 3. The summed E-state index contributed by atoms with van der Waals surface area (Å²) in [7, 11) is 0. The average Bonchev–Trinajstić information content (AvgIpc) is 2.46. The number of rotatable bonds is 5. The quantitative estimate of drug-likeness (QED) is 0.851. The van der Waals surface area contributed by atoms with E-state index < -0.39 is 0 Å². The predicted octanol–water partition coefficient (Wildman–Crippen LogP) is 3.51. The first-order chi connectivity index (χ1) is 9.60. The zero-order valence-electron chi connectivity index (χ0n) is 11.1. The number of benzene rings is 2. The van der Waals surface area contributed by atoms with Gasteiger partial charge in [-0.05, 0) is 25.1 Å². The summed E-state index contributed by atoms with van der Waals surface area (Å²) >= 11 is 3.33. The molecule has 0 saturated carbocycles. The van der Waals surface area contributed by atoms with Gasteiger partial charge in [0.25, 0.3) is 0 Å². The van der Waals surface area contributed by atoms with Crippen molar-refractivity contribution in [3.63, 3.8) is 0 Å². The van der Waals surface area contributed by atoms with Crippen molar-refractivity contribution in [2.75, 3.05) is 6.61 Å². The molecule has 0 atom stereocenters. The van der Waals surface area contributed by atoms with Crippen LogP contribution in [0.5, 0.6) is 5.75 Å². The van der Waals surface area contributed by atoms with Crippen molar-refractivity contribution in [2.45, 2.75) is 13.5 Å². The number of halogens is 1. The van der Waals surface area contributed by atoms with Crippen molar-refractivity contribution in [1.29, 1.82) is 0 Å². The summed E-state index contributed by atoms with van der Waals surface area (Å²) in [6.07, 6.45) is 0. The van der Waals surface area contributed by atoms with Crippen molar-refractivity contribution < 1.29 is 14.6 Å². The van der Waals surface area contributed by atoms with E-state index >= 15 is 0 Å². The minimum absolute atomic E-state index is 0.0440. The van der Waals surface area contributed by atoms with Gasteiger partial charge in [0.15, 0.2) is 12.4 Å². The van der Waals surface area contributed by atoms with E-state index in [1.54, 1.807) is 24.3 Å². The molecular formula is C16H15BrO3. The Kier molecular flexibility index (Phi) is 4.93. The largest absolute Gasteiger partial charge is 0.485 e. The molecule has 0 aliphatic rings. The topological polar surface area (TPSA) is 46.5 Å². The molecule has 3 nitrogen and oxygen atoms in total. The number of carbonyl (C=O) groups is 1. The molecule has 0 fully saturated rings. The van der Waals surface area contributed by atoms with E-state index in [4.69, 9.17) is 4.74 Å². The Morgan fingerprint density at radius 1 is 1.20 bits per heavy atom. The highest BCUT2D eigenvalue weighted by atomic mass is 79.9. The monoisotopic (exact) mass is 334 g/mol. The number of aryl methyl sites for hydroxylation is 1. The normalized spacial score (nSPS) is 10.3. The van der Waals surface area contributed by atoms with Gasteiger partial charge in [-0.25, -0.2) is 0 Å². The predicted molar refractivity (Wildman–Crippen MR) is 81.1 cm³/mol. The summed E-state index contributed by atoms with van der Waals surface area (Å²) in [5, 5.41) is 9.27. The molecule has 0 aromatic heterocycles. The fourth-order valence-electron chi connectivity index (χ4n) is 1.78. The minimum Gasteiger partial charge on any atom is -0.485 e. The summed E-state index contributed by atoms with van der Waals surface area (Å²) < 4.78 is 6.36. The van der Waals surface area contributed by atoms with E-state index in [0.29, 0.717) is 16.9 Å². The Morgan fingerprint density at radius 2 is 1.90 bits per heavy atom. The third-order valence-electron chi connectivity index (χ3n) is 2.93. The van der Waals surface area contributed by atoms with Gasteiger partial charge < -0.3 is 9.84 Å². The number of ketones is 1. The fraction of sp³-hybridized carbons (Fsp3) is 0.188. The molecule has 2 aromatic carbocycles. The second-order valence-corrected chi connectivity index (χ2v) is 5.40. The lowest BCUT2D eigenvalue weighted by Crippen LogP contribution is -2.12. The van der Waals surface area contributed by atoms with Gasteiger partial charge in [-0.15, -0.1) is 0 Å². The number of ether oxygens (including phenoxy) is 1. The molecule has 2 aromatic rings. The highest BCUT2D eigenvalue weighted by molar-refractivity contribution is 9.10. The molecule has 20 heavy (non-hydrogen) atoms. The van der Waals surface area contributed by atoms with Crippen LogP contribution in [0, 0.1) is 6.92 Å². The second kappa shape index (κ2) is 6.68. The number of carbonyl (C=O) groups excluding carboxylic acids is 1. The first kappa shape index (κ1) is 14.8. The van der Waals surface area contributed by atoms with E-state index in [1.807, 2.05) is 25.1 Å². The van der Waals surface area contributed by atoms with Crippen LogP contribution in [0.3, 0.4) is 0 Å². The highest BCUT2D eigenvalue weighted by Crippen LogP contribution is 2.23. The second-order valence-electron chi connectivity index (χ2n) is 4.49. The van der Waals surface area contributed by atoms with Gasteiger partial charge in [-0.1, -0.05) is 45.8 Å². The molecule has 2 rings (SSSR count). The standard InChI is InChI=1S/C16H15BrO3/c1-11-2-4-12(5-3-11)15(19)10-20-16-7-6-14(17)8-13(16)9-18/h2-8,18H,9-10H2,1H3. The third kappa shape index (κ3) is 3.68. The number of aliphatic hydroxyl groups excluding tert-OH is 1. The van der Waals surface area contributed by atoms with E-state index in [-0.39, 0.29) is 19.0 Å². The molecular weight excluding hydrogens is 320 g/mol. The zero-order chi connectivity index (χ0) is 14.5. The number of Topliss-reactive ketones (excluding diaryl/α,β-unsaturated/α-hetero) is 1. The van der Waals surface area contributed by atoms with Gasteiger partial charge in [0.1, 0.15) is 5.75 Å². The Balaban J connectivity index is 2.05. The molecule has 0 radical (unpaired) electrons. The molecule has 0 spiro atoms. The molecule has 1 N–H and O–H groups in total. The van der Waals surface area contributed by atoms with Crippen molar-refractivity contribution >= 4 is 21.7 Å². The highest BCUT2D eigenvalue weighted by Gasteiger charge is 2.09. The van der Waals surface area contributed by atoms with Crippen LogP contribution in [0.15, 0.2) is 46.9 Å². The maximum absolute atomic E-state index is 12.0. The van der Waals surface area contributed by atoms with Gasteiger partial charge in [0.05, 0.1) is 6.61 Å². The van der Waals surface area contributed by atoms with Gasteiger partial charge >= 0.3 is 0 Å². The first-order valence-electron chi connectivity index (χ1n) is 6.22. The fourth-order valence-corrected chi connectivity index (χ4v) is 2.19. The van der Waals surface area contributed by atoms with Crippen LogP contribution in [0.4, 0.5) is 0 Å². The average molecular weight is 335 g/mol. The summed E-state index contributed by atoms with van der Waals surface area (Å²) in [4.78, 5) is 12.0. The van der Waals surface area contributed by atoms with Gasteiger partial charge in [0.2, 0.25) is 0 Å². The number of aliphatic hydroxyl groups is 1. The van der Waals surface area contributed by atoms with Crippen LogP contribution in [-0.2, 0) is 6.61 Å². The Hall–Kier alpha value is -1.65. The Bertz CT molecular complexity index is 606. The van der Waals surface area contributed by atoms with E-state index in [0.717, 1.165) is 10.0 Å². The van der Waals surface area contributed by atoms with E-state index in [1.165, 1.54) is 0 Å². The molecule has 0 unspecified atom stereocenters. The molecule has 0 bridgehead atoms. The van der Waals surface area contributed by atoms with Crippen molar-refractivity contribution in [1.82, 2.24) is 0 Å². The van der Waals surface area contributed by atoms with Gasteiger partial charge in [0, 0.05) is 15.6 Å². The van der Waals surface area contributed by atoms with Crippen LogP contribution in [0.25, 0.3) is 0 Å². The van der Waals surface area contributed by atoms with Crippen LogP contribution >= 0.6 is 15.9 Å². The lowest BCUT2D eigenvalue weighted by molar-refractivity contribution is 0.0919. The Labute approximate surface area is 126 Å². The summed E-state index contributed by atoms with van der Waals surface area (Å²) in [6, 6.07) is 12.7. The molecule has 0 heterocycles.